The SMILES string of the molecule is O=C1CC(c2cccs2)CC2=C1C(c1ccc(O)c(O)c1)c1c([nH]n(-c3ccccc3)c1=O)N2. The number of allylic oxidation sites excluding steroid dienone is 2. The first kappa shape index (κ1) is 20.6. The van der Waals surface area contributed by atoms with Crippen molar-refractivity contribution in [1.82, 2.24) is 9.78 Å². The van der Waals surface area contributed by atoms with E-state index in [4.69, 9.17) is 0 Å². The van der Waals surface area contributed by atoms with Gasteiger partial charge < -0.3 is 15.5 Å². The van der Waals surface area contributed by atoms with E-state index in [1.807, 2.05) is 47.8 Å². The van der Waals surface area contributed by atoms with E-state index in [0.717, 1.165) is 10.6 Å². The second-order valence-electron chi connectivity index (χ2n) is 8.62. The van der Waals surface area contributed by atoms with E-state index < -0.39 is 5.92 Å². The Kier molecular flexibility index (Phi) is 4.70. The number of nitrogens with one attached hydrogen (secondary N) is 2. The molecule has 0 fully saturated rings. The fourth-order valence-corrected chi connectivity index (χ4v) is 5.86. The Labute approximate surface area is 198 Å². The standard InChI is InChI=1S/C26H21N3O4S/c30-18-9-8-14(12-19(18)31)22-23-17(11-15(13-20(23)32)21-7-4-10-34-21)27-25-24(22)26(33)29(28-25)16-5-2-1-3-6-16/h1-10,12,15,22,27-28,30-31H,11,13H2. The van der Waals surface area contributed by atoms with Gasteiger partial charge in [0.2, 0.25) is 0 Å². The van der Waals surface area contributed by atoms with Gasteiger partial charge >= 0.3 is 0 Å². The van der Waals surface area contributed by atoms with E-state index in [0.29, 0.717) is 41.0 Å². The fourth-order valence-electron chi connectivity index (χ4n) is 5.03. The first-order valence-electron chi connectivity index (χ1n) is 11.0. The van der Waals surface area contributed by atoms with Crippen molar-refractivity contribution >= 4 is 22.9 Å². The summed E-state index contributed by atoms with van der Waals surface area (Å²) in [6.45, 7) is 0. The molecule has 0 saturated heterocycles. The molecule has 4 aromatic rings. The molecule has 1 aliphatic heterocycles. The van der Waals surface area contributed by atoms with Crippen LogP contribution in [0.2, 0.25) is 0 Å². The number of rotatable bonds is 3. The number of thiophene rings is 1. The topological polar surface area (TPSA) is 107 Å². The molecule has 7 nitrogen and oxygen atoms in total. The summed E-state index contributed by atoms with van der Waals surface area (Å²) in [4.78, 5) is 28.3. The number of carbonyl (C=O) groups is 1. The van der Waals surface area contributed by atoms with Gasteiger partial charge in [-0.2, -0.15) is 0 Å². The Morgan fingerprint density at radius 3 is 2.50 bits per heavy atom. The van der Waals surface area contributed by atoms with Gasteiger partial charge in [-0.1, -0.05) is 30.3 Å². The summed E-state index contributed by atoms with van der Waals surface area (Å²) in [5, 5.41) is 28.6. The normalized spacial score (nSPS) is 19.5. The number of aromatic hydroxyl groups is 2. The number of carbonyl (C=O) groups excluding carboxylic acids is 1. The molecule has 4 N–H and O–H groups in total. The zero-order valence-corrected chi connectivity index (χ0v) is 18.8. The minimum absolute atomic E-state index is 0.0257. The molecule has 170 valence electrons. The van der Waals surface area contributed by atoms with Gasteiger partial charge in [0, 0.05) is 34.4 Å². The van der Waals surface area contributed by atoms with E-state index in [9.17, 15) is 19.8 Å². The third-order valence-electron chi connectivity index (χ3n) is 6.58. The van der Waals surface area contributed by atoms with Gasteiger partial charge in [-0.25, -0.2) is 4.68 Å². The van der Waals surface area contributed by atoms with Gasteiger partial charge in [-0.15, -0.1) is 11.3 Å². The minimum atomic E-state index is -0.664. The highest BCUT2D eigenvalue weighted by atomic mass is 32.1. The molecule has 0 radical (unpaired) electrons. The first-order valence-corrected chi connectivity index (χ1v) is 11.9. The van der Waals surface area contributed by atoms with Gasteiger partial charge in [0.1, 0.15) is 5.82 Å². The average Bonchev–Trinajstić information content (AvgIpc) is 3.49. The van der Waals surface area contributed by atoms with E-state index >= 15 is 0 Å². The maximum absolute atomic E-state index is 13.6. The molecule has 1 aliphatic carbocycles. The molecule has 2 aromatic heterocycles. The van der Waals surface area contributed by atoms with Crippen molar-refractivity contribution in [3.05, 3.63) is 104 Å². The van der Waals surface area contributed by atoms with Crippen molar-refractivity contribution < 1.29 is 15.0 Å². The van der Waals surface area contributed by atoms with Gasteiger partial charge in [-0.05, 0) is 47.7 Å². The molecule has 0 spiro atoms. The summed E-state index contributed by atoms with van der Waals surface area (Å²) < 4.78 is 1.46. The van der Waals surface area contributed by atoms with E-state index in [-0.39, 0.29) is 28.8 Å². The summed E-state index contributed by atoms with van der Waals surface area (Å²) >= 11 is 1.64. The predicted octanol–water partition coefficient (Wildman–Crippen LogP) is 4.60. The van der Waals surface area contributed by atoms with E-state index in [1.54, 1.807) is 17.4 Å². The van der Waals surface area contributed by atoms with Crippen LogP contribution < -0.4 is 10.9 Å². The van der Waals surface area contributed by atoms with Crippen molar-refractivity contribution in [3.63, 3.8) is 0 Å². The number of fused-ring (bicyclic) bond motifs is 1. The lowest BCUT2D eigenvalue weighted by Gasteiger charge is -2.34. The van der Waals surface area contributed by atoms with Crippen molar-refractivity contribution in [3.8, 4) is 17.2 Å². The highest BCUT2D eigenvalue weighted by Gasteiger charge is 2.41. The van der Waals surface area contributed by atoms with Crippen molar-refractivity contribution in [1.29, 1.82) is 0 Å². The van der Waals surface area contributed by atoms with Crippen molar-refractivity contribution in [2.75, 3.05) is 5.32 Å². The van der Waals surface area contributed by atoms with E-state index in [2.05, 4.69) is 10.4 Å². The molecule has 0 bridgehead atoms. The van der Waals surface area contributed by atoms with Crippen LogP contribution >= 0.6 is 11.3 Å². The molecule has 3 heterocycles. The number of aromatic amines is 1. The van der Waals surface area contributed by atoms with Crippen LogP contribution in [-0.4, -0.2) is 25.8 Å². The number of anilines is 1. The number of aromatic nitrogens is 2. The summed E-state index contributed by atoms with van der Waals surface area (Å²) in [6.07, 6.45) is 0.994. The quantitative estimate of drug-likeness (QED) is 0.327. The van der Waals surface area contributed by atoms with Crippen LogP contribution in [0.5, 0.6) is 11.5 Å². The van der Waals surface area contributed by atoms with Crippen LogP contribution in [0.15, 0.2) is 82.1 Å². The molecule has 2 aliphatic rings. The molecule has 0 amide bonds. The number of ketones is 1. The summed E-state index contributed by atoms with van der Waals surface area (Å²) in [6, 6.07) is 17.7. The molecule has 0 saturated carbocycles. The number of benzene rings is 2. The van der Waals surface area contributed by atoms with Crippen LogP contribution in [-0.2, 0) is 4.79 Å². The van der Waals surface area contributed by atoms with Gasteiger partial charge in [-0.3, -0.25) is 14.7 Å². The maximum Gasteiger partial charge on any atom is 0.277 e. The first-order chi connectivity index (χ1) is 16.5. The molecule has 8 heteroatoms. The summed E-state index contributed by atoms with van der Waals surface area (Å²) in [5.41, 5.74) is 2.71. The van der Waals surface area contributed by atoms with Gasteiger partial charge in [0.15, 0.2) is 17.3 Å². The largest absolute Gasteiger partial charge is 0.504 e. The molecule has 6 rings (SSSR count). The third kappa shape index (κ3) is 3.18. The monoisotopic (exact) mass is 471 g/mol. The Morgan fingerprint density at radius 1 is 0.941 bits per heavy atom. The Morgan fingerprint density at radius 2 is 1.76 bits per heavy atom. The lowest BCUT2D eigenvalue weighted by Crippen LogP contribution is -2.31. The number of Topliss-reactive ketones (excluding diaryl/α,β-unsaturated/α-hetero) is 1. The van der Waals surface area contributed by atoms with Crippen LogP contribution in [0.3, 0.4) is 0 Å². The Bertz CT molecular complexity index is 1500. The maximum atomic E-state index is 13.6. The highest BCUT2D eigenvalue weighted by molar-refractivity contribution is 7.10. The third-order valence-corrected chi connectivity index (χ3v) is 7.62. The van der Waals surface area contributed by atoms with Gasteiger partial charge in [0.25, 0.3) is 5.56 Å². The molecule has 2 unspecified atom stereocenters. The average molecular weight is 472 g/mol. The molecule has 34 heavy (non-hydrogen) atoms. The number of H-pyrrole nitrogens is 1. The zero-order valence-electron chi connectivity index (χ0n) is 18.0. The molecular weight excluding hydrogens is 450 g/mol. The lowest BCUT2D eigenvalue weighted by atomic mass is 9.74. The summed E-state index contributed by atoms with van der Waals surface area (Å²) in [7, 11) is 0. The zero-order chi connectivity index (χ0) is 23.4. The minimum Gasteiger partial charge on any atom is -0.504 e. The number of hydrogen-bond donors (Lipinski definition) is 4. The molecule has 2 atom stereocenters. The number of hydrogen-bond acceptors (Lipinski definition) is 6. The van der Waals surface area contributed by atoms with Crippen molar-refractivity contribution in [2.24, 2.45) is 0 Å². The van der Waals surface area contributed by atoms with Crippen LogP contribution in [0, 0.1) is 0 Å². The van der Waals surface area contributed by atoms with Crippen LogP contribution in [0.4, 0.5) is 5.82 Å². The number of phenols is 2. The highest BCUT2D eigenvalue weighted by Crippen LogP contribution is 2.48. The number of para-hydroxylation sites is 1. The van der Waals surface area contributed by atoms with Crippen LogP contribution in [0.25, 0.3) is 5.69 Å². The smallest absolute Gasteiger partial charge is 0.277 e. The molecular formula is C26H21N3O4S. The number of nitrogens with zero attached hydrogens (tertiary/aromatic N) is 1. The van der Waals surface area contributed by atoms with Crippen LogP contribution in [0.1, 0.15) is 40.7 Å². The number of phenolic OH excluding ortho intramolecular Hbond substituents is 2. The predicted molar refractivity (Wildman–Crippen MR) is 130 cm³/mol. The lowest BCUT2D eigenvalue weighted by molar-refractivity contribution is -0.116. The van der Waals surface area contributed by atoms with Crippen molar-refractivity contribution in [2.45, 2.75) is 24.7 Å². The summed E-state index contributed by atoms with van der Waals surface area (Å²) in [5.74, 6) is -0.638. The fraction of sp³-hybridized carbons (Fsp3) is 0.154. The van der Waals surface area contributed by atoms with Gasteiger partial charge in [0.05, 0.1) is 11.3 Å². The van der Waals surface area contributed by atoms with E-state index in [1.165, 1.54) is 16.8 Å². The second-order valence-corrected chi connectivity index (χ2v) is 9.60. The second kappa shape index (κ2) is 7.78. The Hall–Kier alpha value is -4.04. The molecule has 2 aromatic carbocycles. The Balaban J connectivity index is 1.54.